The Morgan fingerprint density at radius 2 is 1.79 bits per heavy atom. The van der Waals surface area contributed by atoms with Crippen LogP contribution in [0.25, 0.3) is 0 Å². The number of nitrogens with one attached hydrogen (secondary N) is 3. The quantitative estimate of drug-likeness (QED) is 0.573. The van der Waals surface area contributed by atoms with Gasteiger partial charge >= 0.3 is 0 Å². The highest BCUT2D eigenvalue weighted by atomic mass is 19.1. The molecule has 0 radical (unpaired) electrons. The number of methoxy groups -OCH3 is 1. The van der Waals surface area contributed by atoms with Gasteiger partial charge in [-0.15, -0.1) is 0 Å². The van der Waals surface area contributed by atoms with E-state index < -0.39 is 0 Å². The number of benzene rings is 2. The van der Waals surface area contributed by atoms with Crippen LogP contribution in [0.15, 0.2) is 42.5 Å². The van der Waals surface area contributed by atoms with Crippen molar-refractivity contribution in [1.29, 1.82) is 0 Å². The molecule has 3 N–H and O–H groups in total. The Morgan fingerprint density at radius 1 is 1.07 bits per heavy atom. The Balaban J connectivity index is 1.39. The molecule has 29 heavy (non-hydrogen) atoms. The van der Waals surface area contributed by atoms with Crippen molar-refractivity contribution in [2.45, 2.75) is 19.9 Å². The van der Waals surface area contributed by atoms with Gasteiger partial charge in [-0.3, -0.25) is 4.79 Å². The summed E-state index contributed by atoms with van der Waals surface area (Å²) in [6.07, 6.45) is 0.518. The molecule has 1 fully saturated rings. The third kappa shape index (κ3) is 6.27. The van der Waals surface area contributed by atoms with Gasteiger partial charge in [0.05, 0.1) is 7.11 Å². The van der Waals surface area contributed by atoms with E-state index in [0.717, 1.165) is 38.5 Å². The van der Waals surface area contributed by atoms with E-state index in [1.165, 1.54) is 27.0 Å². The lowest BCUT2D eigenvalue weighted by Crippen LogP contribution is -3.28. The Labute approximate surface area is 172 Å². The zero-order valence-electron chi connectivity index (χ0n) is 17.4. The second kappa shape index (κ2) is 10.4. The molecule has 5 nitrogen and oxygen atoms in total. The molecule has 156 valence electrons. The molecule has 0 atom stereocenters. The van der Waals surface area contributed by atoms with Crippen LogP contribution in [0.5, 0.6) is 5.75 Å². The van der Waals surface area contributed by atoms with E-state index in [0.29, 0.717) is 25.1 Å². The molecule has 1 saturated heterocycles. The van der Waals surface area contributed by atoms with Gasteiger partial charge in [-0.25, -0.2) is 4.39 Å². The van der Waals surface area contributed by atoms with Crippen molar-refractivity contribution in [2.24, 2.45) is 0 Å². The van der Waals surface area contributed by atoms with Crippen LogP contribution in [0.3, 0.4) is 0 Å². The number of carbonyl (C=O) groups is 1. The fourth-order valence-corrected chi connectivity index (χ4v) is 3.95. The molecule has 3 rings (SSSR count). The lowest BCUT2D eigenvalue weighted by atomic mass is 10.1. The van der Waals surface area contributed by atoms with Crippen molar-refractivity contribution in [3.05, 3.63) is 65.0 Å². The zero-order chi connectivity index (χ0) is 20.6. The molecule has 1 heterocycles. The molecule has 2 aromatic rings. The molecule has 1 amide bonds. The summed E-state index contributed by atoms with van der Waals surface area (Å²) in [7, 11) is 1.72. The molecule has 0 aliphatic carbocycles. The lowest BCUT2D eigenvalue weighted by molar-refractivity contribution is -1.02. The Kier molecular flexibility index (Phi) is 7.61. The topological polar surface area (TPSA) is 47.2 Å². The first-order valence-electron chi connectivity index (χ1n) is 10.4. The van der Waals surface area contributed by atoms with Gasteiger partial charge in [-0.2, -0.15) is 0 Å². The van der Waals surface area contributed by atoms with Crippen LogP contribution in [0.4, 0.5) is 4.39 Å². The largest absolute Gasteiger partial charge is 0.496 e. The van der Waals surface area contributed by atoms with Gasteiger partial charge in [-0.05, 0) is 37.1 Å². The Morgan fingerprint density at radius 3 is 2.52 bits per heavy atom. The fourth-order valence-electron chi connectivity index (χ4n) is 3.95. The van der Waals surface area contributed by atoms with Crippen molar-refractivity contribution >= 4 is 5.91 Å². The maximum atomic E-state index is 13.6. The van der Waals surface area contributed by atoms with Crippen molar-refractivity contribution in [2.75, 3.05) is 46.4 Å². The SMILES string of the molecule is COc1ccc(C)cc1C[NH+]1CC[NH+](CC(=O)NCCc2ccccc2F)CC1. The summed E-state index contributed by atoms with van der Waals surface area (Å²) in [5.74, 6) is 0.781. The van der Waals surface area contributed by atoms with E-state index in [1.807, 2.05) is 12.1 Å². The van der Waals surface area contributed by atoms with E-state index in [9.17, 15) is 9.18 Å². The van der Waals surface area contributed by atoms with E-state index in [4.69, 9.17) is 4.74 Å². The van der Waals surface area contributed by atoms with E-state index in [1.54, 1.807) is 19.2 Å². The van der Waals surface area contributed by atoms with Crippen molar-refractivity contribution < 1.29 is 23.7 Å². The molecule has 2 aromatic carbocycles. The van der Waals surface area contributed by atoms with Gasteiger partial charge in [0.25, 0.3) is 5.91 Å². The molecule has 0 bridgehead atoms. The smallest absolute Gasteiger partial charge is 0.275 e. The van der Waals surface area contributed by atoms with E-state index >= 15 is 0 Å². The van der Waals surface area contributed by atoms with Gasteiger partial charge in [-0.1, -0.05) is 29.8 Å². The number of piperazine rings is 1. The standard InChI is InChI=1S/C23H30FN3O2/c1-18-7-8-22(29-2)20(15-18)16-26-11-13-27(14-12-26)17-23(28)25-10-9-19-5-3-4-6-21(19)24/h3-8,15H,9-14,16-17H2,1-2H3,(H,25,28)/p+2. The average Bonchev–Trinajstić information content (AvgIpc) is 2.71. The average molecular weight is 402 g/mol. The molecule has 1 aliphatic rings. The van der Waals surface area contributed by atoms with Crippen LogP contribution in [-0.2, 0) is 17.8 Å². The predicted molar refractivity (Wildman–Crippen MR) is 111 cm³/mol. The van der Waals surface area contributed by atoms with Crippen LogP contribution in [-0.4, -0.2) is 52.3 Å². The minimum atomic E-state index is -0.211. The summed E-state index contributed by atoms with van der Waals surface area (Å²) in [6.45, 7) is 8.03. The van der Waals surface area contributed by atoms with E-state index in [2.05, 4.69) is 24.4 Å². The Bertz CT molecular complexity index is 820. The van der Waals surface area contributed by atoms with E-state index in [-0.39, 0.29) is 11.7 Å². The summed E-state index contributed by atoms with van der Waals surface area (Å²) in [5, 5.41) is 2.93. The maximum Gasteiger partial charge on any atom is 0.275 e. The number of quaternary nitrogens is 2. The monoisotopic (exact) mass is 401 g/mol. The first-order chi connectivity index (χ1) is 14.0. The third-order valence-corrected chi connectivity index (χ3v) is 5.63. The van der Waals surface area contributed by atoms with Crippen LogP contribution in [0.1, 0.15) is 16.7 Å². The summed E-state index contributed by atoms with van der Waals surface area (Å²) < 4.78 is 19.1. The second-order valence-electron chi connectivity index (χ2n) is 7.86. The van der Waals surface area contributed by atoms with Crippen LogP contribution in [0.2, 0.25) is 0 Å². The van der Waals surface area contributed by atoms with Crippen molar-refractivity contribution in [3.63, 3.8) is 0 Å². The minimum Gasteiger partial charge on any atom is -0.496 e. The highest BCUT2D eigenvalue weighted by Gasteiger charge is 2.25. The third-order valence-electron chi connectivity index (χ3n) is 5.63. The van der Waals surface area contributed by atoms with Gasteiger partial charge in [0, 0.05) is 12.1 Å². The molecular formula is C23H32FN3O2+2. The molecule has 0 aromatic heterocycles. The number of amides is 1. The number of hydrogen-bond donors (Lipinski definition) is 3. The van der Waals surface area contributed by atoms with Crippen LogP contribution >= 0.6 is 0 Å². The van der Waals surface area contributed by atoms with Crippen LogP contribution in [0, 0.1) is 12.7 Å². The maximum absolute atomic E-state index is 13.6. The highest BCUT2D eigenvalue weighted by Crippen LogP contribution is 2.18. The van der Waals surface area contributed by atoms with Gasteiger partial charge < -0.3 is 19.9 Å². The second-order valence-corrected chi connectivity index (χ2v) is 7.86. The molecule has 0 spiro atoms. The summed E-state index contributed by atoms with van der Waals surface area (Å²) in [4.78, 5) is 15.1. The number of hydrogen-bond acceptors (Lipinski definition) is 2. The number of rotatable bonds is 8. The molecule has 0 unspecified atom stereocenters. The highest BCUT2D eigenvalue weighted by molar-refractivity contribution is 5.76. The van der Waals surface area contributed by atoms with Gasteiger partial charge in [0.1, 0.15) is 44.3 Å². The lowest BCUT2D eigenvalue weighted by Gasteiger charge is -2.29. The summed E-state index contributed by atoms with van der Waals surface area (Å²) in [5.41, 5.74) is 3.14. The first kappa shape index (κ1) is 21.3. The fraction of sp³-hybridized carbons (Fsp3) is 0.435. The molecular weight excluding hydrogens is 369 g/mol. The number of aryl methyl sites for hydroxylation is 1. The Hall–Kier alpha value is -2.44. The van der Waals surface area contributed by atoms with Crippen molar-refractivity contribution in [3.8, 4) is 5.75 Å². The summed E-state index contributed by atoms with van der Waals surface area (Å²) >= 11 is 0. The predicted octanol–water partition coefficient (Wildman–Crippen LogP) is -0.215. The summed E-state index contributed by atoms with van der Waals surface area (Å²) in [6, 6.07) is 13.0. The number of ether oxygens (including phenoxy) is 1. The number of carbonyl (C=O) groups excluding carboxylic acids is 1. The normalized spacial score (nSPS) is 19.0. The van der Waals surface area contributed by atoms with Gasteiger partial charge in [0.2, 0.25) is 0 Å². The van der Waals surface area contributed by atoms with Crippen LogP contribution < -0.4 is 19.9 Å². The molecule has 6 heteroatoms. The molecule has 0 saturated carbocycles. The van der Waals surface area contributed by atoms with Gasteiger partial charge in [0.15, 0.2) is 6.54 Å². The zero-order valence-corrected chi connectivity index (χ0v) is 17.4. The first-order valence-corrected chi connectivity index (χ1v) is 10.4. The van der Waals surface area contributed by atoms with Crippen molar-refractivity contribution in [1.82, 2.24) is 5.32 Å². The molecule has 1 aliphatic heterocycles. The minimum absolute atomic E-state index is 0.0418. The number of halogens is 1.